The summed E-state index contributed by atoms with van der Waals surface area (Å²) < 4.78 is 0. The van der Waals surface area contributed by atoms with Crippen molar-refractivity contribution >= 4 is 5.78 Å². The van der Waals surface area contributed by atoms with E-state index in [1.54, 1.807) is 0 Å². The van der Waals surface area contributed by atoms with Crippen molar-refractivity contribution < 1.29 is 9.90 Å². The molecule has 0 aromatic carbocycles. The minimum Gasteiger partial charge on any atom is -0.393 e. The molecule has 0 radical (unpaired) electrons. The lowest BCUT2D eigenvalue weighted by molar-refractivity contribution is -0.141. The topological polar surface area (TPSA) is 37.3 Å². The van der Waals surface area contributed by atoms with Gasteiger partial charge in [0.1, 0.15) is 5.78 Å². The number of carbonyl (C=O) groups is 1. The van der Waals surface area contributed by atoms with Crippen LogP contribution < -0.4 is 0 Å². The zero-order chi connectivity index (χ0) is 14.8. The maximum absolute atomic E-state index is 11.9. The fourth-order valence-electron chi connectivity index (χ4n) is 7.02. The molecule has 0 aliphatic heterocycles. The maximum Gasteiger partial charge on any atom is 0.133 e. The molecule has 0 saturated heterocycles. The van der Waals surface area contributed by atoms with E-state index in [-0.39, 0.29) is 11.5 Å². The Morgan fingerprint density at radius 1 is 0.952 bits per heavy atom. The molecule has 4 saturated carbocycles. The van der Waals surface area contributed by atoms with Gasteiger partial charge < -0.3 is 5.11 Å². The highest BCUT2D eigenvalue weighted by Crippen LogP contribution is 2.65. The van der Waals surface area contributed by atoms with Crippen molar-refractivity contribution in [1.29, 1.82) is 0 Å². The highest BCUT2D eigenvalue weighted by Gasteiger charge is 2.59. The predicted octanol–water partition coefficient (Wildman–Crippen LogP) is 3.96. The molecule has 1 N–H and O–H groups in total. The number of hydrogen-bond donors (Lipinski definition) is 1. The van der Waals surface area contributed by atoms with Gasteiger partial charge in [-0.15, -0.1) is 0 Å². The summed E-state index contributed by atoms with van der Waals surface area (Å²) in [5, 5.41) is 10.5. The first-order valence-corrected chi connectivity index (χ1v) is 9.15. The Hall–Kier alpha value is -0.370. The van der Waals surface area contributed by atoms with Crippen LogP contribution in [0.5, 0.6) is 0 Å². The van der Waals surface area contributed by atoms with Crippen molar-refractivity contribution in [3.8, 4) is 0 Å². The van der Waals surface area contributed by atoms with Gasteiger partial charge >= 0.3 is 0 Å². The summed E-state index contributed by atoms with van der Waals surface area (Å²) >= 11 is 0. The minimum absolute atomic E-state index is 0.0677. The summed E-state index contributed by atoms with van der Waals surface area (Å²) in [7, 11) is 0. The second-order valence-electron chi connectivity index (χ2n) is 9.04. The van der Waals surface area contributed by atoms with Crippen molar-refractivity contribution in [3.63, 3.8) is 0 Å². The summed E-state index contributed by atoms with van der Waals surface area (Å²) in [6.07, 6.45) is 10.0. The number of fused-ring (bicyclic) bond motifs is 5. The molecular weight excluding hydrogens is 260 g/mol. The van der Waals surface area contributed by atoms with Crippen LogP contribution in [-0.4, -0.2) is 17.0 Å². The van der Waals surface area contributed by atoms with Crippen molar-refractivity contribution in [2.24, 2.45) is 34.5 Å². The van der Waals surface area contributed by atoms with E-state index in [1.165, 1.54) is 32.1 Å². The zero-order valence-corrected chi connectivity index (χ0v) is 13.6. The molecule has 4 rings (SSSR count). The predicted molar refractivity (Wildman–Crippen MR) is 82.7 cm³/mol. The van der Waals surface area contributed by atoms with E-state index < -0.39 is 0 Å². The van der Waals surface area contributed by atoms with Crippen LogP contribution in [0.25, 0.3) is 0 Å². The van der Waals surface area contributed by atoms with Crippen LogP contribution in [0.4, 0.5) is 0 Å². The van der Waals surface area contributed by atoms with Crippen molar-refractivity contribution in [2.75, 3.05) is 0 Å². The van der Waals surface area contributed by atoms with Crippen LogP contribution in [0.2, 0.25) is 0 Å². The maximum atomic E-state index is 11.9. The SMILES string of the molecule is C[C@@]12CCC(=O)CC1CC[C@H]1C2CC[C@]2(C)C1CC[C@H]2O. The highest BCUT2D eigenvalue weighted by molar-refractivity contribution is 5.79. The Labute approximate surface area is 128 Å². The first kappa shape index (κ1) is 14.2. The van der Waals surface area contributed by atoms with Crippen molar-refractivity contribution in [1.82, 2.24) is 0 Å². The first-order valence-electron chi connectivity index (χ1n) is 9.15. The Morgan fingerprint density at radius 3 is 2.52 bits per heavy atom. The first-order chi connectivity index (χ1) is 9.95. The fourth-order valence-corrected chi connectivity index (χ4v) is 7.02. The molecule has 0 amide bonds. The summed E-state index contributed by atoms with van der Waals surface area (Å²) in [5.41, 5.74) is 0.598. The van der Waals surface area contributed by atoms with Crippen LogP contribution in [0.3, 0.4) is 0 Å². The van der Waals surface area contributed by atoms with Gasteiger partial charge in [-0.2, -0.15) is 0 Å². The number of aliphatic hydroxyl groups is 1. The van der Waals surface area contributed by atoms with Gasteiger partial charge in [-0.1, -0.05) is 13.8 Å². The summed E-state index contributed by atoms with van der Waals surface area (Å²) in [6, 6.07) is 0. The molecule has 4 aliphatic rings. The van der Waals surface area contributed by atoms with Gasteiger partial charge in [0.2, 0.25) is 0 Å². The largest absolute Gasteiger partial charge is 0.393 e. The lowest BCUT2D eigenvalue weighted by atomic mass is 9.45. The van der Waals surface area contributed by atoms with Crippen LogP contribution in [-0.2, 0) is 4.79 Å². The molecule has 0 aromatic rings. The zero-order valence-electron chi connectivity index (χ0n) is 13.6. The average Bonchev–Trinajstić information content (AvgIpc) is 2.76. The minimum atomic E-state index is -0.0677. The molecule has 118 valence electrons. The van der Waals surface area contributed by atoms with Gasteiger partial charge in [0, 0.05) is 12.8 Å². The van der Waals surface area contributed by atoms with Gasteiger partial charge in [-0.25, -0.2) is 0 Å². The number of Topliss-reactive ketones (excluding diaryl/α,β-unsaturated/α-hetero) is 1. The number of ketones is 1. The van der Waals surface area contributed by atoms with Crippen LogP contribution in [0.15, 0.2) is 0 Å². The van der Waals surface area contributed by atoms with Gasteiger partial charge in [0.25, 0.3) is 0 Å². The molecule has 0 heterocycles. The van der Waals surface area contributed by atoms with E-state index in [0.29, 0.717) is 17.1 Å². The molecule has 2 nitrogen and oxygen atoms in total. The monoisotopic (exact) mass is 290 g/mol. The fraction of sp³-hybridized carbons (Fsp3) is 0.947. The molecule has 7 atom stereocenters. The van der Waals surface area contributed by atoms with Gasteiger partial charge in [-0.3, -0.25) is 4.79 Å². The molecule has 0 bridgehead atoms. The van der Waals surface area contributed by atoms with E-state index in [0.717, 1.165) is 43.4 Å². The van der Waals surface area contributed by atoms with Crippen LogP contribution >= 0.6 is 0 Å². The molecular formula is C19H30O2. The summed E-state index contributed by atoms with van der Waals surface area (Å²) in [5.74, 6) is 3.52. The van der Waals surface area contributed by atoms with E-state index in [2.05, 4.69) is 13.8 Å². The molecule has 4 aliphatic carbocycles. The number of hydrogen-bond acceptors (Lipinski definition) is 2. The summed E-state index contributed by atoms with van der Waals surface area (Å²) in [6.45, 7) is 4.85. The molecule has 2 heteroatoms. The Kier molecular flexibility index (Phi) is 3.10. The summed E-state index contributed by atoms with van der Waals surface area (Å²) in [4.78, 5) is 11.9. The number of carbonyl (C=O) groups excluding carboxylic acids is 1. The standard InChI is InChI=1S/C19H30O2/c1-18-9-7-13(20)11-12(18)3-4-14-15-5-6-17(21)19(15,2)10-8-16(14)18/h12,14-17,21H,3-11H2,1-2H3/t12?,14-,15?,16?,17-,18-,19-/m1/s1. The van der Waals surface area contributed by atoms with Gasteiger partial charge in [-0.05, 0) is 79.4 Å². The molecule has 0 aromatic heterocycles. The van der Waals surface area contributed by atoms with Crippen molar-refractivity contribution in [2.45, 2.75) is 77.7 Å². The quantitative estimate of drug-likeness (QED) is 0.733. The van der Waals surface area contributed by atoms with E-state index in [9.17, 15) is 9.90 Å². The lowest BCUT2D eigenvalue weighted by Crippen LogP contribution is -2.54. The normalized spacial score (nSPS) is 56.5. The molecule has 4 fully saturated rings. The third-order valence-corrected chi connectivity index (χ3v) is 8.43. The number of rotatable bonds is 0. The molecule has 3 unspecified atom stereocenters. The Morgan fingerprint density at radius 2 is 1.71 bits per heavy atom. The smallest absolute Gasteiger partial charge is 0.133 e. The molecule has 0 spiro atoms. The average molecular weight is 290 g/mol. The van der Waals surface area contributed by atoms with E-state index in [1.807, 2.05) is 0 Å². The third-order valence-electron chi connectivity index (χ3n) is 8.43. The van der Waals surface area contributed by atoms with E-state index >= 15 is 0 Å². The Bertz CT molecular complexity index is 458. The van der Waals surface area contributed by atoms with E-state index in [4.69, 9.17) is 0 Å². The second-order valence-corrected chi connectivity index (χ2v) is 9.04. The molecule has 21 heavy (non-hydrogen) atoms. The van der Waals surface area contributed by atoms with Crippen molar-refractivity contribution in [3.05, 3.63) is 0 Å². The van der Waals surface area contributed by atoms with Crippen LogP contribution in [0, 0.1) is 34.5 Å². The third kappa shape index (κ3) is 1.84. The second kappa shape index (κ2) is 4.57. The van der Waals surface area contributed by atoms with Crippen LogP contribution in [0.1, 0.15) is 71.6 Å². The number of aliphatic hydroxyl groups excluding tert-OH is 1. The lowest BCUT2D eigenvalue weighted by Gasteiger charge is -2.60. The van der Waals surface area contributed by atoms with Gasteiger partial charge in [0.05, 0.1) is 6.10 Å². The van der Waals surface area contributed by atoms with Gasteiger partial charge in [0.15, 0.2) is 0 Å². The highest BCUT2D eigenvalue weighted by atomic mass is 16.3. The Balaban J connectivity index is 1.64.